The van der Waals surface area contributed by atoms with Crippen LogP contribution in [0.1, 0.15) is 32.1 Å². The highest BCUT2D eigenvalue weighted by Gasteiger charge is 2.17. The third-order valence-electron chi connectivity index (χ3n) is 4.54. The highest BCUT2D eigenvalue weighted by atomic mass is 35.5. The van der Waals surface area contributed by atoms with Crippen molar-refractivity contribution in [2.45, 2.75) is 38.2 Å². The van der Waals surface area contributed by atoms with Gasteiger partial charge >= 0.3 is 0 Å². The van der Waals surface area contributed by atoms with Crippen LogP contribution in [0, 0.1) is 5.92 Å². The summed E-state index contributed by atoms with van der Waals surface area (Å²) >= 11 is 0. The standard InChI is InChI=1S/C18H26N2O3.ClH/c21-18(8-3-14-9-10-19-12-14)20-15-4-6-16(7-5-15)23-13-17-2-1-11-22-17;/h4-7,14,17,19H,1-3,8-13H2,(H,20,21);1H. The van der Waals surface area contributed by atoms with Gasteiger partial charge in [0, 0.05) is 18.7 Å². The summed E-state index contributed by atoms with van der Waals surface area (Å²) in [6, 6.07) is 7.57. The molecule has 0 aromatic heterocycles. The third kappa shape index (κ3) is 5.96. The predicted molar refractivity (Wildman–Crippen MR) is 97.0 cm³/mol. The van der Waals surface area contributed by atoms with Crippen molar-refractivity contribution >= 4 is 24.0 Å². The van der Waals surface area contributed by atoms with E-state index >= 15 is 0 Å². The van der Waals surface area contributed by atoms with Crippen LogP contribution < -0.4 is 15.4 Å². The quantitative estimate of drug-likeness (QED) is 0.790. The van der Waals surface area contributed by atoms with E-state index in [1.54, 1.807) is 0 Å². The summed E-state index contributed by atoms with van der Waals surface area (Å²) in [5.41, 5.74) is 0.823. The van der Waals surface area contributed by atoms with Crippen molar-refractivity contribution in [1.29, 1.82) is 0 Å². The molecule has 5 nitrogen and oxygen atoms in total. The van der Waals surface area contributed by atoms with Crippen LogP contribution in [0.25, 0.3) is 0 Å². The zero-order chi connectivity index (χ0) is 15.9. The third-order valence-corrected chi connectivity index (χ3v) is 4.54. The molecule has 2 unspecified atom stereocenters. The molecule has 2 saturated heterocycles. The Morgan fingerprint density at radius 3 is 2.79 bits per heavy atom. The van der Waals surface area contributed by atoms with Gasteiger partial charge in [-0.15, -0.1) is 12.4 Å². The second-order valence-corrected chi connectivity index (χ2v) is 6.42. The molecule has 2 atom stereocenters. The van der Waals surface area contributed by atoms with Crippen molar-refractivity contribution in [3.63, 3.8) is 0 Å². The maximum Gasteiger partial charge on any atom is 0.224 e. The van der Waals surface area contributed by atoms with Gasteiger partial charge in [0.05, 0.1) is 6.10 Å². The largest absolute Gasteiger partial charge is 0.491 e. The lowest BCUT2D eigenvalue weighted by molar-refractivity contribution is -0.116. The lowest BCUT2D eigenvalue weighted by Gasteiger charge is -2.12. The van der Waals surface area contributed by atoms with Crippen molar-refractivity contribution in [3.8, 4) is 5.75 Å². The average molecular weight is 355 g/mol. The molecular formula is C18H27ClN2O3. The van der Waals surface area contributed by atoms with Crippen molar-refractivity contribution in [1.82, 2.24) is 5.32 Å². The van der Waals surface area contributed by atoms with E-state index in [0.29, 0.717) is 18.9 Å². The van der Waals surface area contributed by atoms with E-state index in [0.717, 1.165) is 50.4 Å². The number of hydrogen-bond acceptors (Lipinski definition) is 4. The van der Waals surface area contributed by atoms with E-state index in [9.17, 15) is 4.79 Å². The summed E-state index contributed by atoms with van der Waals surface area (Å²) in [7, 11) is 0. The van der Waals surface area contributed by atoms with Crippen molar-refractivity contribution in [3.05, 3.63) is 24.3 Å². The maximum absolute atomic E-state index is 12.0. The Labute approximate surface area is 149 Å². The summed E-state index contributed by atoms with van der Waals surface area (Å²) in [6.07, 6.45) is 5.15. The van der Waals surface area contributed by atoms with Crippen LogP contribution in [0.2, 0.25) is 0 Å². The predicted octanol–water partition coefficient (Wildman–Crippen LogP) is 2.99. The molecule has 3 rings (SSSR count). The lowest BCUT2D eigenvalue weighted by Crippen LogP contribution is -2.16. The van der Waals surface area contributed by atoms with Gasteiger partial charge in [-0.25, -0.2) is 0 Å². The molecule has 2 aliphatic heterocycles. The van der Waals surface area contributed by atoms with E-state index < -0.39 is 0 Å². The van der Waals surface area contributed by atoms with Crippen LogP contribution >= 0.6 is 12.4 Å². The van der Waals surface area contributed by atoms with E-state index in [1.165, 1.54) is 6.42 Å². The number of ether oxygens (including phenoxy) is 2. The molecule has 1 aromatic carbocycles. The zero-order valence-electron chi connectivity index (χ0n) is 14.0. The summed E-state index contributed by atoms with van der Waals surface area (Å²) in [4.78, 5) is 12.0. The van der Waals surface area contributed by atoms with Crippen LogP contribution in [0.3, 0.4) is 0 Å². The second-order valence-electron chi connectivity index (χ2n) is 6.42. The first-order valence-electron chi connectivity index (χ1n) is 8.64. The minimum absolute atomic E-state index is 0. The Balaban J connectivity index is 0.00000208. The first-order chi connectivity index (χ1) is 11.3. The van der Waals surface area contributed by atoms with E-state index in [1.807, 2.05) is 24.3 Å². The smallest absolute Gasteiger partial charge is 0.224 e. The molecule has 2 fully saturated rings. The number of carbonyl (C=O) groups excluding carboxylic acids is 1. The SMILES string of the molecule is Cl.O=C(CCC1CCNC1)Nc1ccc(OCC2CCCO2)cc1. The Kier molecular flexibility index (Phi) is 7.82. The van der Waals surface area contributed by atoms with E-state index in [4.69, 9.17) is 9.47 Å². The fourth-order valence-corrected chi connectivity index (χ4v) is 3.12. The summed E-state index contributed by atoms with van der Waals surface area (Å²) in [5.74, 6) is 1.55. The van der Waals surface area contributed by atoms with Crippen molar-refractivity contribution in [2.75, 3.05) is 31.6 Å². The monoisotopic (exact) mass is 354 g/mol. The van der Waals surface area contributed by atoms with E-state index in [2.05, 4.69) is 10.6 Å². The van der Waals surface area contributed by atoms with Crippen molar-refractivity contribution in [2.24, 2.45) is 5.92 Å². The van der Waals surface area contributed by atoms with Crippen LogP contribution in [-0.4, -0.2) is 38.3 Å². The molecular weight excluding hydrogens is 328 g/mol. The number of rotatable bonds is 7. The summed E-state index contributed by atoms with van der Waals surface area (Å²) in [5, 5.41) is 6.28. The van der Waals surface area contributed by atoms with Gasteiger partial charge in [-0.3, -0.25) is 4.79 Å². The molecule has 0 bridgehead atoms. The first-order valence-corrected chi connectivity index (χ1v) is 8.64. The van der Waals surface area contributed by atoms with Gasteiger partial charge < -0.3 is 20.1 Å². The first kappa shape index (κ1) is 19.0. The Morgan fingerprint density at radius 2 is 2.12 bits per heavy atom. The van der Waals surface area contributed by atoms with Crippen molar-refractivity contribution < 1.29 is 14.3 Å². The number of anilines is 1. The van der Waals surface area contributed by atoms with Gasteiger partial charge in [0.15, 0.2) is 0 Å². The molecule has 24 heavy (non-hydrogen) atoms. The summed E-state index contributed by atoms with van der Waals surface area (Å²) < 4.78 is 11.3. The Morgan fingerprint density at radius 1 is 1.29 bits per heavy atom. The Hall–Kier alpha value is -1.30. The van der Waals surface area contributed by atoms with E-state index in [-0.39, 0.29) is 24.4 Å². The maximum atomic E-state index is 12.0. The molecule has 2 N–H and O–H groups in total. The zero-order valence-corrected chi connectivity index (χ0v) is 14.8. The molecule has 0 saturated carbocycles. The molecule has 6 heteroatoms. The number of halogens is 1. The van der Waals surface area contributed by atoms with Crippen LogP contribution in [0.5, 0.6) is 5.75 Å². The molecule has 2 aliphatic rings. The normalized spacial score (nSPS) is 22.8. The van der Waals surface area contributed by atoms with Gasteiger partial charge in [0.1, 0.15) is 12.4 Å². The van der Waals surface area contributed by atoms with Gasteiger partial charge in [-0.2, -0.15) is 0 Å². The van der Waals surface area contributed by atoms with Crippen LogP contribution in [0.4, 0.5) is 5.69 Å². The lowest BCUT2D eigenvalue weighted by atomic mass is 10.0. The molecule has 134 valence electrons. The number of hydrogen-bond donors (Lipinski definition) is 2. The van der Waals surface area contributed by atoms with Gasteiger partial charge in [-0.05, 0) is 69.0 Å². The fourth-order valence-electron chi connectivity index (χ4n) is 3.12. The average Bonchev–Trinajstić information content (AvgIpc) is 3.26. The molecule has 0 spiro atoms. The fraction of sp³-hybridized carbons (Fsp3) is 0.611. The van der Waals surface area contributed by atoms with Gasteiger partial charge in [-0.1, -0.05) is 0 Å². The number of carbonyl (C=O) groups is 1. The number of amides is 1. The summed E-state index contributed by atoms with van der Waals surface area (Å²) in [6.45, 7) is 3.57. The molecule has 0 aliphatic carbocycles. The van der Waals surface area contributed by atoms with Gasteiger partial charge in [0.25, 0.3) is 0 Å². The topological polar surface area (TPSA) is 59.6 Å². The minimum atomic E-state index is 0. The molecule has 1 aromatic rings. The highest BCUT2D eigenvalue weighted by Crippen LogP contribution is 2.19. The molecule has 0 radical (unpaired) electrons. The Bertz CT molecular complexity index is 497. The molecule has 1 amide bonds. The number of nitrogens with one attached hydrogen (secondary N) is 2. The van der Waals surface area contributed by atoms with Crippen LogP contribution in [-0.2, 0) is 9.53 Å². The highest BCUT2D eigenvalue weighted by molar-refractivity contribution is 5.90. The second kappa shape index (κ2) is 9.87. The van der Waals surface area contributed by atoms with Gasteiger partial charge in [0.2, 0.25) is 5.91 Å². The van der Waals surface area contributed by atoms with Crippen LogP contribution in [0.15, 0.2) is 24.3 Å². The minimum Gasteiger partial charge on any atom is -0.491 e. The number of benzene rings is 1. The molecule has 2 heterocycles.